The summed E-state index contributed by atoms with van der Waals surface area (Å²) in [4.78, 5) is 16.0. The van der Waals surface area contributed by atoms with Gasteiger partial charge in [-0.25, -0.2) is 0 Å². The Kier molecular flexibility index (Phi) is 20.5. The number of aromatic nitrogens is 6. The number of phenolic OH excluding ortho intramolecular Hbond substituents is 2. The van der Waals surface area contributed by atoms with Gasteiger partial charge >= 0.3 is 0 Å². The van der Waals surface area contributed by atoms with Crippen molar-refractivity contribution in [2.45, 2.75) is 39.2 Å². The summed E-state index contributed by atoms with van der Waals surface area (Å²) in [6.45, 7) is 0. The molecule has 2 heterocycles. The maximum absolute atomic E-state index is 13.0. The number of hydrogen-bond acceptors (Lipinski definition) is 32. The lowest BCUT2D eigenvalue weighted by molar-refractivity contribution is 0.471. The Hall–Kier alpha value is -11.1. The van der Waals surface area contributed by atoms with Crippen LogP contribution < -0.4 is 21.3 Å². The van der Waals surface area contributed by atoms with E-state index in [1.807, 2.05) is 0 Å². The van der Waals surface area contributed by atoms with Gasteiger partial charge in [-0.1, -0.05) is 84.9 Å². The largest absolute Gasteiger partial charge is 0.505 e. The molecule has 0 saturated heterocycles. The molecule has 0 saturated carbocycles. The molecule has 40 nitrogen and oxygen atoms in total. The summed E-state index contributed by atoms with van der Waals surface area (Å²) < 4.78 is 287. The maximum atomic E-state index is 13.0. The Bertz CT molecular complexity index is 6700. The van der Waals surface area contributed by atoms with Crippen LogP contribution in [0.1, 0.15) is 11.1 Å². The van der Waals surface area contributed by atoms with Crippen molar-refractivity contribution < 1.29 is 114 Å². The molecule has 0 amide bonds. The molecule has 0 aliphatic carbocycles. The maximum Gasteiger partial charge on any atom is 0.297 e. The zero-order chi connectivity index (χ0) is 79.9. The lowest BCUT2D eigenvalue weighted by Gasteiger charge is -2.15. The first-order chi connectivity index (χ1) is 51.2. The minimum atomic E-state index is -5.48. The molecule has 2 aromatic heterocycles. The van der Waals surface area contributed by atoms with Gasteiger partial charge in [-0.05, 0) is 129 Å². The van der Waals surface area contributed by atoms with E-state index in [-0.39, 0.29) is 33.3 Å². The molecule has 14 N–H and O–H groups in total. The second-order valence-corrected chi connectivity index (χ2v) is 34.4. The predicted octanol–water partition coefficient (Wildman–Crippen LogP) is 11.3. The summed E-state index contributed by atoms with van der Waals surface area (Å²) in [6, 6.07) is 26.2. The zero-order valence-corrected chi connectivity index (χ0v) is 61.6. The smallest absolute Gasteiger partial charge is 0.297 e. The number of halogens is 2. The van der Waals surface area contributed by atoms with E-state index in [9.17, 15) is 114 Å². The van der Waals surface area contributed by atoms with E-state index in [4.69, 9.17) is 23.2 Å². The molecule has 50 heteroatoms. The van der Waals surface area contributed by atoms with Crippen molar-refractivity contribution in [3.8, 4) is 11.5 Å². The standard InChI is InChI=1S/C60H40Cl2N14O26S8/c61-55-67-57(71-59(69-55)65-41-25-35(103(79,80)81)19-31-21-45(107(91,92)93)49(51(77)47(31)41)75-73-39-17-13-27-5-1-3-7-37(27)53(39)109(97,98)99)63-33-15-11-29(43(23-33)105(85,86)87)9-10-30-12-16-34(24-44(30)106(88,89)90)64-58-68-56(62)70-60(72-58)66-42-26-36(104(82,83)84)20-32-22-46(108(94,95)96)50(52(78)48(32)42)76-74-40-18-14-28-6-2-4-8-38(28)54(40)110(100,101)102/h1-26,77-78H,(H,79,80,81)(H,82,83,84)(H,85,86,87)(H,88,89,90)(H,91,92,93)(H,94,95,96)(H,97,98,99)(H,100,101,102)(H2,63,65,67,69,71)(H2,64,66,68,70,72)/b10-9+,75-73?,76-74?. The Morgan fingerprint density at radius 2 is 0.664 bits per heavy atom. The summed E-state index contributed by atoms with van der Waals surface area (Å²) >= 11 is 12.5. The van der Waals surface area contributed by atoms with E-state index >= 15 is 0 Å². The summed E-state index contributed by atoms with van der Waals surface area (Å²) in [5.41, 5.74) is -5.90. The highest BCUT2D eigenvalue weighted by Crippen LogP contribution is 2.49. The second kappa shape index (κ2) is 28.7. The quantitative estimate of drug-likeness (QED) is 0.0170. The van der Waals surface area contributed by atoms with Crippen LogP contribution >= 0.6 is 23.2 Å². The van der Waals surface area contributed by atoms with E-state index in [1.54, 1.807) is 12.1 Å². The average Bonchev–Trinajstić information content (AvgIpc) is 0.751. The van der Waals surface area contributed by atoms with Crippen LogP contribution in [-0.4, -0.2) is 144 Å². The number of fused-ring (bicyclic) bond motifs is 4. The van der Waals surface area contributed by atoms with Crippen LogP contribution in [-0.2, 0) is 80.9 Å². The first-order valence-corrected chi connectivity index (χ1v) is 41.7. The lowest BCUT2D eigenvalue weighted by Crippen LogP contribution is -2.07. The number of nitrogens with one attached hydrogen (secondary N) is 4. The van der Waals surface area contributed by atoms with Gasteiger partial charge < -0.3 is 31.5 Å². The fourth-order valence-electron chi connectivity index (χ4n) is 10.9. The number of hydrogen-bond donors (Lipinski definition) is 14. The molecule has 0 fully saturated rings. The van der Waals surface area contributed by atoms with E-state index in [1.165, 1.54) is 48.5 Å². The van der Waals surface area contributed by atoms with Gasteiger partial charge in [0.1, 0.15) is 52.1 Å². The van der Waals surface area contributed by atoms with Gasteiger partial charge in [0.25, 0.3) is 80.9 Å². The third-order valence-electron chi connectivity index (χ3n) is 15.4. The molecule has 0 aliphatic rings. The van der Waals surface area contributed by atoms with Crippen molar-refractivity contribution >= 4 is 229 Å². The Morgan fingerprint density at radius 1 is 0.327 bits per heavy atom. The minimum absolute atomic E-state index is 0.0701. The van der Waals surface area contributed by atoms with Crippen molar-refractivity contribution in [3.63, 3.8) is 0 Å². The monoisotopic (exact) mass is 1700 g/mol. The van der Waals surface area contributed by atoms with Gasteiger partial charge in [-0.15, -0.1) is 20.5 Å². The molecule has 0 bridgehead atoms. The van der Waals surface area contributed by atoms with Gasteiger partial charge in [-0.3, -0.25) is 36.4 Å². The number of rotatable bonds is 22. The summed E-state index contributed by atoms with van der Waals surface area (Å²) in [6.07, 6.45) is 1.95. The van der Waals surface area contributed by atoms with E-state index in [2.05, 4.69) is 71.6 Å². The summed E-state index contributed by atoms with van der Waals surface area (Å²) in [7, 11) is -42.2. The van der Waals surface area contributed by atoms with Crippen molar-refractivity contribution in [3.05, 3.63) is 167 Å². The molecule has 0 unspecified atom stereocenters. The van der Waals surface area contributed by atoms with Crippen LogP contribution in [0.2, 0.25) is 10.6 Å². The molecule has 0 atom stereocenters. The molecule has 568 valence electrons. The Morgan fingerprint density at radius 3 is 0.991 bits per heavy atom. The topological polar surface area (TPSA) is 650 Å². The van der Waals surface area contributed by atoms with Crippen molar-refractivity contribution in [1.82, 2.24) is 29.9 Å². The molecule has 0 radical (unpaired) electrons. The van der Waals surface area contributed by atoms with E-state index in [0.717, 1.165) is 60.7 Å². The number of nitrogens with zero attached hydrogens (tertiary/aromatic N) is 10. The number of azo groups is 2. The van der Waals surface area contributed by atoms with Gasteiger partial charge in [-0.2, -0.15) is 97.2 Å². The predicted molar refractivity (Wildman–Crippen MR) is 391 cm³/mol. The lowest BCUT2D eigenvalue weighted by atomic mass is 10.1. The average molecular weight is 1700 g/mol. The number of anilines is 8. The van der Waals surface area contributed by atoms with Gasteiger partial charge in [0.05, 0.1) is 21.2 Å². The highest BCUT2D eigenvalue weighted by Gasteiger charge is 2.31. The highest BCUT2D eigenvalue weighted by atomic mass is 35.5. The van der Waals surface area contributed by atoms with Crippen LogP contribution in [0, 0.1) is 0 Å². The molecular weight excluding hydrogens is 1660 g/mol. The molecule has 0 aliphatic heterocycles. The van der Waals surface area contributed by atoms with Gasteiger partial charge in [0, 0.05) is 32.9 Å². The third-order valence-corrected chi connectivity index (χ3v) is 22.8. The normalized spacial score (nSPS) is 13.0. The Balaban J connectivity index is 0.836. The molecule has 10 aromatic carbocycles. The highest BCUT2D eigenvalue weighted by molar-refractivity contribution is 7.88. The SMILES string of the molecule is O=S(=O)(O)c1cc(Nc2nc(Cl)nc(Nc3ccc(/C=C/c4ccc(Nc5nc(Cl)nc(Nc6cc(S(=O)(=O)O)cc7cc(S(=O)(=O)O)c(N=Nc8ccc9ccccc9c8S(=O)(=O)O)c(O)c67)n5)cc4S(=O)(=O)O)c(S(=O)(=O)O)c3)n2)c2c(O)c(N=Nc3ccc4ccccc4c3S(=O)(=O)O)c(S(=O)(=O)O)cc2c1. The van der Waals surface area contributed by atoms with E-state index < -0.39 is 222 Å². The first kappa shape index (κ1) is 78.4. The molecule has 12 aromatic rings. The number of benzene rings is 10. The second-order valence-electron chi connectivity index (χ2n) is 22.6. The number of aromatic hydroxyl groups is 2. The van der Waals surface area contributed by atoms with Crippen LogP contribution in [0.15, 0.2) is 205 Å². The first-order valence-electron chi connectivity index (χ1n) is 29.4. The summed E-state index contributed by atoms with van der Waals surface area (Å²) in [5, 5.41) is 45.7. The van der Waals surface area contributed by atoms with Crippen LogP contribution in [0.5, 0.6) is 11.5 Å². The number of phenols is 2. The van der Waals surface area contributed by atoms with Crippen LogP contribution in [0.25, 0.3) is 55.2 Å². The third kappa shape index (κ3) is 16.8. The fourth-order valence-corrected chi connectivity index (χ4v) is 16.7. The van der Waals surface area contributed by atoms with Gasteiger partial charge in [0.2, 0.25) is 34.4 Å². The molecule has 110 heavy (non-hydrogen) atoms. The van der Waals surface area contributed by atoms with Crippen molar-refractivity contribution in [2.24, 2.45) is 20.5 Å². The Labute approximate surface area is 627 Å². The molecular formula is C60H40Cl2N14O26S8. The fraction of sp³-hybridized carbons (Fsp3) is 0. The van der Waals surface area contributed by atoms with Gasteiger partial charge in [0.15, 0.2) is 11.5 Å². The zero-order valence-electron chi connectivity index (χ0n) is 53.5. The molecule has 12 rings (SSSR count). The summed E-state index contributed by atoms with van der Waals surface area (Å²) in [5.74, 6) is -4.91. The van der Waals surface area contributed by atoms with Crippen molar-refractivity contribution in [1.29, 1.82) is 0 Å². The van der Waals surface area contributed by atoms with Crippen LogP contribution in [0.4, 0.5) is 69.3 Å². The van der Waals surface area contributed by atoms with Crippen molar-refractivity contribution in [2.75, 3.05) is 21.3 Å². The molecule has 0 spiro atoms. The van der Waals surface area contributed by atoms with Crippen LogP contribution in [0.3, 0.4) is 0 Å². The minimum Gasteiger partial charge on any atom is -0.505 e. The van der Waals surface area contributed by atoms with E-state index in [0.29, 0.717) is 47.2 Å².